The molecule has 0 aliphatic rings. The topological polar surface area (TPSA) is 58.6 Å². The number of methoxy groups -OCH3 is 1. The number of nitrogens with one attached hydrogen (secondary N) is 1. The van der Waals surface area contributed by atoms with E-state index in [9.17, 15) is 9.90 Å². The summed E-state index contributed by atoms with van der Waals surface area (Å²) in [6, 6.07) is 4.57. The van der Waals surface area contributed by atoms with E-state index in [2.05, 4.69) is 12.2 Å². The van der Waals surface area contributed by atoms with Gasteiger partial charge in [0.05, 0.1) is 12.7 Å². The minimum atomic E-state index is -0.296. The number of alkyl halides is 1. The SMILES string of the molecule is COc1ccc(O)c(C(=O)NCCCC(C)CCl)c1. The minimum absolute atomic E-state index is 0.0487. The van der Waals surface area contributed by atoms with E-state index in [1.807, 2.05) is 0 Å². The molecule has 4 nitrogen and oxygen atoms in total. The summed E-state index contributed by atoms with van der Waals surface area (Å²) in [4.78, 5) is 11.9. The molecule has 1 aromatic carbocycles. The van der Waals surface area contributed by atoms with Crippen LogP contribution in [0.15, 0.2) is 18.2 Å². The van der Waals surface area contributed by atoms with Gasteiger partial charge in [-0.3, -0.25) is 4.79 Å². The summed E-state index contributed by atoms with van der Waals surface area (Å²) in [7, 11) is 1.52. The van der Waals surface area contributed by atoms with Gasteiger partial charge in [0.15, 0.2) is 0 Å². The number of benzene rings is 1. The Kier molecular flexibility index (Phi) is 6.50. The summed E-state index contributed by atoms with van der Waals surface area (Å²) in [6.07, 6.45) is 1.83. The molecule has 0 aliphatic carbocycles. The number of phenols is 1. The standard InChI is InChI=1S/C14H20ClNO3/c1-10(9-15)4-3-7-16-14(18)12-8-11(19-2)5-6-13(12)17/h5-6,8,10,17H,3-4,7,9H2,1-2H3,(H,16,18). The first kappa shape index (κ1) is 15.6. The highest BCUT2D eigenvalue weighted by atomic mass is 35.5. The Morgan fingerprint density at radius 2 is 2.26 bits per heavy atom. The lowest BCUT2D eigenvalue weighted by atomic mass is 10.1. The summed E-state index contributed by atoms with van der Waals surface area (Å²) < 4.78 is 5.03. The van der Waals surface area contributed by atoms with Gasteiger partial charge >= 0.3 is 0 Å². The van der Waals surface area contributed by atoms with Crippen molar-refractivity contribution in [3.63, 3.8) is 0 Å². The van der Waals surface area contributed by atoms with E-state index in [0.29, 0.717) is 24.1 Å². The molecule has 1 unspecified atom stereocenters. The number of rotatable bonds is 7. The fourth-order valence-electron chi connectivity index (χ4n) is 1.65. The van der Waals surface area contributed by atoms with Crippen molar-refractivity contribution in [2.45, 2.75) is 19.8 Å². The molecule has 0 saturated carbocycles. The summed E-state index contributed by atoms with van der Waals surface area (Å²) >= 11 is 5.71. The molecule has 0 heterocycles. The highest BCUT2D eigenvalue weighted by Crippen LogP contribution is 2.22. The van der Waals surface area contributed by atoms with Gasteiger partial charge in [-0.05, 0) is 37.0 Å². The zero-order valence-electron chi connectivity index (χ0n) is 11.3. The maximum Gasteiger partial charge on any atom is 0.255 e. The highest BCUT2D eigenvalue weighted by Gasteiger charge is 2.12. The molecular weight excluding hydrogens is 266 g/mol. The van der Waals surface area contributed by atoms with Crippen LogP contribution in [0.3, 0.4) is 0 Å². The number of aromatic hydroxyl groups is 1. The van der Waals surface area contributed by atoms with Gasteiger partial charge in [-0.2, -0.15) is 0 Å². The number of halogens is 1. The summed E-state index contributed by atoms with van der Waals surface area (Å²) in [6.45, 7) is 2.64. The summed E-state index contributed by atoms with van der Waals surface area (Å²) in [5.41, 5.74) is 0.227. The van der Waals surface area contributed by atoms with Crippen molar-refractivity contribution >= 4 is 17.5 Å². The summed E-state index contributed by atoms with van der Waals surface area (Å²) in [5, 5.41) is 12.4. The molecule has 0 saturated heterocycles. The Balaban J connectivity index is 2.49. The molecule has 0 spiro atoms. The predicted molar refractivity (Wildman–Crippen MR) is 76.1 cm³/mol. The fourth-order valence-corrected chi connectivity index (χ4v) is 1.80. The van der Waals surface area contributed by atoms with Crippen LogP contribution in [0.5, 0.6) is 11.5 Å². The monoisotopic (exact) mass is 285 g/mol. The lowest BCUT2D eigenvalue weighted by Gasteiger charge is -2.10. The first-order valence-corrected chi connectivity index (χ1v) is 6.83. The Hall–Kier alpha value is -1.42. The first-order valence-electron chi connectivity index (χ1n) is 6.29. The van der Waals surface area contributed by atoms with Crippen LogP contribution in [0.4, 0.5) is 0 Å². The maximum atomic E-state index is 11.9. The molecule has 0 aromatic heterocycles. The van der Waals surface area contributed by atoms with Gasteiger partial charge in [0.25, 0.3) is 5.91 Å². The number of carbonyl (C=O) groups is 1. The second-order valence-corrected chi connectivity index (χ2v) is 4.85. The molecule has 5 heteroatoms. The van der Waals surface area contributed by atoms with Crippen LogP contribution in [-0.4, -0.2) is 30.5 Å². The van der Waals surface area contributed by atoms with E-state index in [0.717, 1.165) is 12.8 Å². The number of phenolic OH excluding ortho intramolecular Hbond substituents is 1. The average molecular weight is 286 g/mol. The molecule has 106 valence electrons. The van der Waals surface area contributed by atoms with E-state index in [4.69, 9.17) is 16.3 Å². The van der Waals surface area contributed by atoms with Crippen LogP contribution >= 0.6 is 11.6 Å². The maximum absolute atomic E-state index is 11.9. The molecule has 1 aromatic rings. The van der Waals surface area contributed by atoms with Crippen molar-refractivity contribution in [1.82, 2.24) is 5.32 Å². The van der Waals surface area contributed by atoms with E-state index in [1.54, 1.807) is 6.07 Å². The van der Waals surface area contributed by atoms with Crippen molar-refractivity contribution in [3.05, 3.63) is 23.8 Å². The Morgan fingerprint density at radius 1 is 1.53 bits per heavy atom. The molecule has 0 radical (unpaired) electrons. The molecule has 0 aliphatic heterocycles. The highest BCUT2D eigenvalue weighted by molar-refractivity contribution is 6.18. The van der Waals surface area contributed by atoms with E-state index in [1.165, 1.54) is 19.2 Å². The van der Waals surface area contributed by atoms with Crippen LogP contribution < -0.4 is 10.1 Å². The van der Waals surface area contributed by atoms with Crippen molar-refractivity contribution < 1.29 is 14.6 Å². The van der Waals surface area contributed by atoms with Crippen molar-refractivity contribution in [2.24, 2.45) is 5.92 Å². The van der Waals surface area contributed by atoms with E-state index < -0.39 is 0 Å². The molecule has 2 N–H and O–H groups in total. The third kappa shape index (κ3) is 4.99. The number of amides is 1. The Bertz CT molecular complexity index is 423. The Labute approximate surface area is 118 Å². The predicted octanol–water partition coefficient (Wildman–Crippen LogP) is 2.79. The minimum Gasteiger partial charge on any atom is -0.507 e. The smallest absolute Gasteiger partial charge is 0.255 e. The van der Waals surface area contributed by atoms with Crippen LogP contribution in [0.2, 0.25) is 0 Å². The molecule has 19 heavy (non-hydrogen) atoms. The van der Waals surface area contributed by atoms with Crippen molar-refractivity contribution in [2.75, 3.05) is 19.5 Å². The largest absolute Gasteiger partial charge is 0.507 e. The van der Waals surface area contributed by atoms with Crippen LogP contribution in [0.25, 0.3) is 0 Å². The number of ether oxygens (including phenoxy) is 1. The second kappa shape index (κ2) is 7.89. The van der Waals surface area contributed by atoms with Gasteiger partial charge in [-0.1, -0.05) is 6.92 Å². The zero-order chi connectivity index (χ0) is 14.3. The third-order valence-electron chi connectivity index (χ3n) is 2.87. The lowest BCUT2D eigenvalue weighted by Crippen LogP contribution is -2.25. The Morgan fingerprint density at radius 3 is 2.89 bits per heavy atom. The van der Waals surface area contributed by atoms with E-state index in [-0.39, 0.29) is 17.2 Å². The van der Waals surface area contributed by atoms with Crippen LogP contribution in [0, 0.1) is 5.92 Å². The van der Waals surface area contributed by atoms with Gasteiger partial charge in [0.1, 0.15) is 11.5 Å². The van der Waals surface area contributed by atoms with Crippen LogP contribution in [0.1, 0.15) is 30.1 Å². The first-order chi connectivity index (χ1) is 9.08. The van der Waals surface area contributed by atoms with Gasteiger partial charge in [-0.25, -0.2) is 0 Å². The number of hydrogen-bond acceptors (Lipinski definition) is 3. The molecule has 0 fully saturated rings. The quantitative estimate of drug-likeness (QED) is 0.598. The van der Waals surface area contributed by atoms with Gasteiger partial charge in [0.2, 0.25) is 0 Å². The zero-order valence-corrected chi connectivity index (χ0v) is 12.0. The molecule has 1 atom stereocenters. The normalized spacial score (nSPS) is 11.9. The van der Waals surface area contributed by atoms with Crippen molar-refractivity contribution in [3.8, 4) is 11.5 Å². The van der Waals surface area contributed by atoms with Crippen molar-refractivity contribution in [1.29, 1.82) is 0 Å². The third-order valence-corrected chi connectivity index (χ3v) is 3.40. The van der Waals surface area contributed by atoms with Gasteiger partial charge in [-0.15, -0.1) is 11.6 Å². The van der Waals surface area contributed by atoms with Crippen LogP contribution in [-0.2, 0) is 0 Å². The second-order valence-electron chi connectivity index (χ2n) is 4.54. The number of carbonyl (C=O) groups excluding carboxylic acids is 1. The summed E-state index contributed by atoms with van der Waals surface area (Å²) in [5.74, 6) is 1.27. The fraction of sp³-hybridized carbons (Fsp3) is 0.500. The van der Waals surface area contributed by atoms with E-state index >= 15 is 0 Å². The molecular formula is C14H20ClNO3. The number of hydrogen-bond donors (Lipinski definition) is 2. The van der Waals surface area contributed by atoms with Gasteiger partial charge in [0, 0.05) is 12.4 Å². The average Bonchev–Trinajstić information content (AvgIpc) is 2.43. The molecule has 1 amide bonds. The van der Waals surface area contributed by atoms with Gasteiger partial charge < -0.3 is 15.2 Å². The lowest BCUT2D eigenvalue weighted by molar-refractivity contribution is 0.0949. The molecule has 0 bridgehead atoms. The molecule has 1 rings (SSSR count).